The number of rotatable bonds is 1. The molecule has 0 amide bonds. The third-order valence-corrected chi connectivity index (χ3v) is 0.352. The molecular weight excluding hydrogens is 88.9 g/mol. The van der Waals surface area contributed by atoms with Gasteiger partial charge in [0.25, 0.3) is 6.26 Å². The summed E-state index contributed by atoms with van der Waals surface area (Å²) in [6.07, 6.45) is 1.61. The minimum atomic E-state index is -0.311. The summed E-state index contributed by atoms with van der Waals surface area (Å²) in [6.45, 7) is 3.66. The lowest BCUT2D eigenvalue weighted by atomic mass is 9.86. The van der Waals surface area contributed by atoms with Gasteiger partial charge in [0, 0.05) is 0 Å². The number of nitrogens with zero attached hydrogens (tertiary/aromatic N) is 1. The van der Waals surface area contributed by atoms with Crippen molar-refractivity contribution in [2.75, 3.05) is 0 Å². The first-order valence-corrected chi connectivity index (χ1v) is 2.13. The van der Waals surface area contributed by atoms with E-state index in [4.69, 9.17) is 5.26 Å². The first-order chi connectivity index (χ1) is 3.06. The number of nitriles is 1. The van der Waals surface area contributed by atoms with Gasteiger partial charge in [0.1, 0.15) is 0 Å². The van der Waals surface area contributed by atoms with E-state index in [-0.39, 0.29) is 5.50 Å². The molecule has 0 bridgehead atoms. The van der Waals surface area contributed by atoms with Crippen molar-refractivity contribution >= 4 is 7.85 Å². The van der Waals surface area contributed by atoms with E-state index in [2.05, 4.69) is 4.74 Å². The summed E-state index contributed by atoms with van der Waals surface area (Å²) < 4.78 is 4.53. The van der Waals surface area contributed by atoms with Crippen LogP contribution in [0.2, 0.25) is 0 Å². The maximum absolute atomic E-state index is 7.93. The zero-order valence-electron chi connectivity index (χ0n) is 4.86. The highest BCUT2D eigenvalue weighted by Crippen LogP contribution is 1.98. The first-order valence-electron chi connectivity index (χ1n) is 2.13. The quantitative estimate of drug-likeness (QED) is 0.336. The largest absolute Gasteiger partial charge is 0.431 e. The van der Waals surface area contributed by atoms with Crippen molar-refractivity contribution < 1.29 is 4.74 Å². The van der Waals surface area contributed by atoms with Gasteiger partial charge in [-0.25, -0.2) is 0 Å². The average molecular weight is 96.9 g/mol. The Morgan fingerprint density at radius 2 is 2.14 bits per heavy atom. The molecule has 3 heteroatoms. The molecule has 7 heavy (non-hydrogen) atoms. The van der Waals surface area contributed by atoms with Crippen LogP contribution < -0.4 is 0 Å². The van der Waals surface area contributed by atoms with Crippen LogP contribution in [0.4, 0.5) is 0 Å². The summed E-state index contributed by atoms with van der Waals surface area (Å²) in [6, 6.07) is 0. The molecule has 0 unspecified atom stereocenters. The third kappa shape index (κ3) is 5.35. The zero-order valence-corrected chi connectivity index (χ0v) is 4.86. The fraction of sp³-hybridized carbons (Fsp3) is 0.750. The number of hydrogen-bond acceptors (Lipinski definition) is 2. The molecule has 0 atom stereocenters. The molecule has 0 aliphatic rings. The molecule has 38 valence electrons. The van der Waals surface area contributed by atoms with Gasteiger partial charge >= 0.3 is 0 Å². The van der Waals surface area contributed by atoms with Crippen LogP contribution in [0.3, 0.4) is 0 Å². The Balaban J connectivity index is 3.40. The Bertz CT molecular complexity index is 88.8. The molecule has 0 saturated carbocycles. The fourth-order valence-electron chi connectivity index (χ4n) is 0.137. The predicted molar refractivity (Wildman–Crippen MR) is 29.3 cm³/mol. The molecular formula is C4H8BNO. The van der Waals surface area contributed by atoms with Crippen LogP contribution in [0.5, 0.6) is 0 Å². The fourth-order valence-corrected chi connectivity index (χ4v) is 0.137. The second kappa shape index (κ2) is 1.88. The smallest absolute Gasteiger partial charge is 0.286 e. The molecule has 0 rings (SSSR count). The van der Waals surface area contributed by atoms with Crippen molar-refractivity contribution in [1.82, 2.24) is 0 Å². The highest BCUT2D eigenvalue weighted by atomic mass is 16.5. The number of hydrogen-bond donors (Lipinski definition) is 0. The molecule has 0 heterocycles. The lowest BCUT2D eigenvalue weighted by Gasteiger charge is -2.12. The number of ether oxygens (including phenoxy) is 1. The topological polar surface area (TPSA) is 33.0 Å². The Morgan fingerprint density at radius 3 is 2.14 bits per heavy atom. The monoisotopic (exact) mass is 97.1 g/mol. The molecule has 0 radical (unpaired) electrons. The van der Waals surface area contributed by atoms with E-state index < -0.39 is 0 Å². The summed E-state index contributed by atoms with van der Waals surface area (Å²) in [5.41, 5.74) is -0.311. The molecule has 0 aromatic carbocycles. The van der Waals surface area contributed by atoms with Gasteiger partial charge in [-0.05, 0) is 13.8 Å². The highest BCUT2D eigenvalue weighted by Gasteiger charge is 2.08. The van der Waals surface area contributed by atoms with E-state index in [9.17, 15) is 0 Å². The molecule has 0 aliphatic carbocycles. The van der Waals surface area contributed by atoms with Gasteiger partial charge in [-0.3, -0.25) is 0 Å². The molecule has 0 spiro atoms. The molecule has 0 aromatic rings. The Hall–Kier alpha value is -0.645. The van der Waals surface area contributed by atoms with Crippen molar-refractivity contribution in [3.8, 4) is 6.26 Å². The van der Waals surface area contributed by atoms with E-state index in [1.54, 1.807) is 6.26 Å². The maximum atomic E-state index is 7.93. The normalized spacial score (nSPS) is 9.86. The highest BCUT2D eigenvalue weighted by molar-refractivity contribution is 6.13. The standard InChI is InChI=1S/C4H8BNO/c1-4(2,5)7-3-6/h5H2,1-2H3. The summed E-state index contributed by atoms with van der Waals surface area (Å²) in [7, 11) is 1.83. The minimum absolute atomic E-state index is 0.311. The SMILES string of the molecule is BC(C)(C)OC#N. The van der Waals surface area contributed by atoms with E-state index >= 15 is 0 Å². The summed E-state index contributed by atoms with van der Waals surface area (Å²) in [4.78, 5) is 0. The van der Waals surface area contributed by atoms with E-state index in [1.165, 1.54) is 0 Å². The van der Waals surface area contributed by atoms with Crippen LogP contribution >= 0.6 is 0 Å². The Kier molecular flexibility index (Phi) is 1.70. The van der Waals surface area contributed by atoms with Gasteiger partial charge in [0.15, 0.2) is 7.85 Å². The maximum Gasteiger partial charge on any atom is 0.286 e. The van der Waals surface area contributed by atoms with Crippen molar-refractivity contribution in [3.05, 3.63) is 0 Å². The lowest BCUT2D eigenvalue weighted by Crippen LogP contribution is -2.21. The zero-order chi connectivity index (χ0) is 5.91. The predicted octanol–water partition coefficient (Wildman–Crippen LogP) is -0.147. The van der Waals surface area contributed by atoms with Gasteiger partial charge < -0.3 is 4.74 Å². The average Bonchev–Trinajstić information content (AvgIpc) is 1.30. The van der Waals surface area contributed by atoms with Crippen LogP contribution in [0.15, 0.2) is 0 Å². The van der Waals surface area contributed by atoms with Crippen LogP contribution in [0.1, 0.15) is 13.8 Å². The second-order valence-corrected chi connectivity index (χ2v) is 2.31. The van der Waals surface area contributed by atoms with Gasteiger partial charge in [-0.2, -0.15) is 5.26 Å². The van der Waals surface area contributed by atoms with E-state index in [0.29, 0.717) is 0 Å². The third-order valence-electron chi connectivity index (χ3n) is 0.352. The van der Waals surface area contributed by atoms with Crippen LogP contribution in [0, 0.1) is 11.5 Å². The van der Waals surface area contributed by atoms with Gasteiger partial charge in [0.05, 0.1) is 5.50 Å². The summed E-state index contributed by atoms with van der Waals surface area (Å²) in [5, 5.41) is 7.93. The van der Waals surface area contributed by atoms with Crippen LogP contribution in [0.25, 0.3) is 0 Å². The molecule has 0 aliphatic heterocycles. The van der Waals surface area contributed by atoms with Gasteiger partial charge in [-0.15, -0.1) is 0 Å². The van der Waals surface area contributed by atoms with Crippen LogP contribution in [-0.2, 0) is 4.74 Å². The Labute approximate surface area is 44.5 Å². The van der Waals surface area contributed by atoms with Crippen molar-refractivity contribution in [2.24, 2.45) is 0 Å². The lowest BCUT2D eigenvalue weighted by molar-refractivity contribution is 0.155. The summed E-state index contributed by atoms with van der Waals surface area (Å²) >= 11 is 0. The Morgan fingerprint density at radius 1 is 1.71 bits per heavy atom. The van der Waals surface area contributed by atoms with Crippen molar-refractivity contribution in [1.29, 1.82) is 5.26 Å². The molecule has 0 aromatic heterocycles. The van der Waals surface area contributed by atoms with Crippen LogP contribution in [-0.4, -0.2) is 13.3 Å². The molecule has 0 N–H and O–H groups in total. The van der Waals surface area contributed by atoms with E-state index in [0.717, 1.165) is 0 Å². The van der Waals surface area contributed by atoms with Gasteiger partial charge in [-0.1, -0.05) is 0 Å². The van der Waals surface area contributed by atoms with E-state index in [1.807, 2.05) is 21.7 Å². The van der Waals surface area contributed by atoms with Crippen molar-refractivity contribution in [2.45, 2.75) is 19.3 Å². The van der Waals surface area contributed by atoms with Gasteiger partial charge in [0.2, 0.25) is 0 Å². The van der Waals surface area contributed by atoms with Crippen molar-refractivity contribution in [3.63, 3.8) is 0 Å². The summed E-state index contributed by atoms with van der Waals surface area (Å²) in [5.74, 6) is 0. The second-order valence-electron chi connectivity index (χ2n) is 2.31. The first kappa shape index (κ1) is 6.35. The molecule has 0 fully saturated rings. The minimum Gasteiger partial charge on any atom is -0.431 e. The molecule has 2 nitrogen and oxygen atoms in total. The molecule has 0 saturated heterocycles.